The van der Waals surface area contributed by atoms with Gasteiger partial charge >= 0.3 is 6.09 Å². The van der Waals surface area contributed by atoms with Gasteiger partial charge in [-0.2, -0.15) is 0 Å². The molecule has 1 heterocycles. The molecule has 0 aliphatic heterocycles. The molecule has 0 atom stereocenters. The van der Waals surface area contributed by atoms with E-state index >= 15 is 0 Å². The Hall–Kier alpha value is -1.92. The van der Waals surface area contributed by atoms with Crippen molar-refractivity contribution in [2.75, 3.05) is 6.54 Å². The highest BCUT2D eigenvalue weighted by molar-refractivity contribution is 5.81. The fourth-order valence-corrected chi connectivity index (χ4v) is 2.28. The highest BCUT2D eigenvalue weighted by Crippen LogP contribution is 2.32. The number of carbonyl (C=O) groups is 2. The van der Waals surface area contributed by atoms with Crippen LogP contribution in [-0.2, 0) is 21.7 Å². The van der Waals surface area contributed by atoms with Crippen LogP contribution in [0.3, 0.4) is 0 Å². The first kappa shape index (κ1) is 18.1. The van der Waals surface area contributed by atoms with E-state index in [2.05, 4.69) is 15.6 Å². The van der Waals surface area contributed by atoms with Crippen molar-refractivity contribution in [1.82, 2.24) is 20.3 Å². The molecule has 124 valence electrons. The SMILES string of the molecule is CCNC(=O)OCc1cn(C(C)(C)CC(C)(C)C(C)=O)nn1. The van der Waals surface area contributed by atoms with Gasteiger partial charge in [0.25, 0.3) is 0 Å². The van der Waals surface area contributed by atoms with Crippen molar-refractivity contribution in [3.05, 3.63) is 11.9 Å². The Bertz CT molecular complexity index is 535. The van der Waals surface area contributed by atoms with Crippen LogP contribution in [-0.4, -0.2) is 33.4 Å². The Morgan fingerprint density at radius 2 is 1.95 bits per heavy atom. The minimum atomic E-state index is -0.478. The highest BCUT2D eigenvalue weighted by Gasteiger charge is 2.34. The smallest absolute Gasteiger partial charge is 0.407 e. The lowest BCUT2D eigenvalue weighted by atomic mass is 9.77. The molecule has 0 fully saturated rings. The van der Waals surface area contributed by atoms with Crippen LogP contribution in [0.5, 0.6) is 0 Å². The zero-order valence-electron chi connectivity index (χ0n) is 14.3. The zero-order chi connectivity index (χ0) is 17.0. The molecule has 0 bridgehead atoms. The number of nitrogens with zero attached hydrogens (tertiary/aromatic N) is 3. The summed E-state index contributed by atoms with van der Waals surface area (Å²) in [6, 6.07) is 0. The summed E-state index contributed by atoms with van der Waals surface area (Å²) in [4.78, 5) is 23.0. The van der Waals surface area contributed by atoms with Crippen LogP contribution in [0.4, 0.5) is 4.79 Å². The van der Waals surface area contributed by atoms with Gasteiger partial charge in [-0.15, -0.1) is 5.10 Å². The Labute approximate surface area is 131 Å². The lowest BCUT2D eigenvalue weighted by Crippen LogP contribution is -2.36. The molecule has 1 N–H and O–H groups in total. The van der Waals surface area contributed by atoms with Crippen molar-refractivity contribution in [1.29, 1.82) is 0 Å². The van der Waals surface area contributed by atoms with Gasteiger partial charge in [-0.25, -0.2) is 9.48 Å². The minimum absolute atomic E-state index is 0.0675. The number of aromatic nitrogens is 3. The third kappa shape index (κ3) is 4.82. The summed E-state index contributed by atoms with van der Waals surface area (Å²) < 4.78 is 6.73. The van der Waals surface area contributed by atoms with Crippen molar-refractivity contribution in [2.45, 2.75) is 60.1 Å². The maximum absolute atomic E-state index is 11.7. The van der Waals surface area contributed by atoms with E-state index < -0.39 is 11.5 Å². The molecule has 0 aromatic carbocycles. The Kier molecular flexibility index (Phi) is 5.68. The molecule has 7 nitrogen and oxygen atoms in total. The molecule has 0 aliphatic carbocycles. The second-order valence-corrected chi connectivity index (χ2v) is 6.69. The molecule has 7 heteroatoms. The third-order valence-electron chi connectivity index (χ3n) is 3.66. The molecule has 0 saturated carbocycles. The van der Waals surface area contributed by atoms with Gasteiger partial charge in [0.2, 0.25) is 0 Å². The first-order valence-electron chi connectivity index (χ1n) is 7.42. The van der Waals surface area contributed by atoms with E-state index in [1.807, 2.05) is 34.6 Å². The molecular formula is C15H26N4O3. The molecule has 1 rings (SSSR count). The van der Waals surface area contributed by atoms with Crippen molar-refractivity contribution in [3.63, 3.8) is 0 Å². The quantitative estimate of drug-likeness (QED) is 0.835. The number of carbonyl (C=O) groups excluding carboxylic acids is 2. The van der Waals surface area contributed by atoms with Gasteiger partial charge in [-0.05, 0) is 34.1 Å². The molecular weight excluding hydrogens is 284 g/mol. The van der Waals surface area contributed by atoms with Crippen molar-refractivity contribution in [2.24, 2.45) is 5.41 Å². The lowest BCUT2D eigenvalue weighted by molar-refractivity contribution is -0.126. The highest BCUT2D eigenvalue weighted by atomic mass is 16.5. The third-order valence-corrected chi connectivity index (χ3v) is 3.66. The largest absolute Gasteiger partial charge is 0.443 e. The van der Waals surface area contributed by atoms with Crippen molar-refractivity contribution in [3.8, 4) is 0 Å². The van der Waals surface area contributed by atoms with Crippen LogP contribution in [0.1, 0.15) is 53.7 Å². The number of hydrogen-bond donors (Lipinski definition) is 1. The lowest BCUT2D eigenvalue weighted by Gasteiger charge is -2.33. The van der Waals surface area contributed by atoms with Gasteiger partial charge in [0.15, 0.2) is 0 Å². The first-order chi connectivity index (χ1) is 10.1. The number of ether oxygens (including phenoxy) is 1. The molecule has 0 saturated heterocycles. The van der Waals surface area contributed by atoms with E-state index in [0.717, 1.165) is 0 Å². The Morgan fingerprint density at radius 3 is 2.50 bits per heavy atom. The van der Waals surface area contributed by atoms with Crippen LogP contribution < -0.4 is 5.32 Å². The number of rotatable bonds is 7. The van der Waals surface area contributed by atoms with Gasteiger partial charge < -0.3 is 10.1 Å². The Balaban J connectivity index is 2.73. The number of Topliss-reactive ketones (excluding diaryl/α,β-unsaturated/α-hetero) is 1. The number of amides is 1. The molecule has 0 radical (unpaired) electrons. The van der Waals surface area contributed by atoms with E-state index in [1.54, 1.807) is 17.8 Å². The van der Waals surface area contributed by atoms with E-state index in [9.17, 15) is 9.59 Å². The molecule has 0 unspecified atom stereocenters. The van der Waals surface area contributed by atoms with Gasteiger partial charge in [0.05, 0.1) is 11.7 Å². The van der Waals surface area contributed by atoms with Gasteiger partial charge in [-0.3, -0.25) is 4.79 Å². The average Bonchev–Trinajstić information content (AvgIpc) is 2.85. The number of nitrogens with one attached hydrogen (secondary N) is 1. The summed E-state index contributed by atoms with van der Waals surface area (Å²) in [5.74, 6) is 0.139. The molecule has 1 aromatic heterocycles. The molecule has 22 heavy (non-hydrogen) atoms. The van der Waals surface area contributed by atoms with Gasteiger partial charge in [0.1, 0.15) is 18.1 Å². The normalized spacial score (nSPS) is 12.1. The predicted molar refractivity (Wildman–Crippen MR) is 82.3 cm³/mol. The maximum atomic E-state index is 11.7. The van der Waals surface area contributed by atoms with Gasteiger partial charge in [0, 0.05) is 12.0 Å². The van der Waals surface area contributed by atoms with Crippen LogP contribution in [0.25, 0.3) is 0 Å². The molecule has 1 aromatic rings. The number of hydrogen-bond acceptors (Lipinski definition) is 5. The molecule has 0 aliphatic rings. The fourth-order valence-electron chi connectivity index (χ4n) is 2.28. The molecule has 1 amide bonds. The average molecular weight is 310 g/mol. The first-order valence-corrected chi connectivity index (χ1v) is 7.42. The van der Waals surface area contributed by atoms with Crippen molar-refractivity contribution < 1.29 is 14.3 Å². The van der Waals surface area contributed by atoms with Crippen LogP contribution in [0.15, 0.2) is 6.20 Å². The summed E-state index contributed by atoms with van der Waals surface area (Å²) >= 11 is 0. The second-order valence-electron chi connectivity index (χ2n) is 6.69. The summed E-state index contributed by atoms with van der Waals surface area (Å²) in [7, 11) is 0. The molecule has 0 spiro atoms. The standard InChI is InChI=1S/C15H26N4O3/c1-7-16-13(21)22-9-12-8-19(18-17-12)15(5,6)10-14(3,4)11(2)20/h8H,7,9-10H2,1-6H3,(H,16,21). The van der Waals surface area contributed by atoms with E-state index in [4.69, 9.17) is 4.74 Å². The fraction of sp³-hybridized carbons (Fsp3) is 0.733. The monoisotopic (exact) mass is 310 g/mol. The Morgan fingerprint density at radius 1 is 1.32 bits per heavy atom. The van der Waals surface area contributed by atoms with Crippen LogP contribution in [0.2, 0.25) is 0 Å². The summed E-state index contributed by atoms with van der Waals surface area (Å²) in [5, 5.41) is 10.7. The van der Waals surface area contributed by atoms with Crippen LogP contribution in [0, 0.1) is 5.41 Å². The van der Waals surface area contributed by atoms with E-state index in [0.29, 0.717) is 18.7 Å². The number of alkyl carbamates (subject to hydrolysis) is 1. The maximum Gasteiger partial charge on any atom is 0.407 e. The topological polar surface area (TPSA) is 86.1 Å². The van der Waals surface area contributed by atoms with E-state index in [-0.39, 0.29) is 17.9 Å². The number of ketones is 1. The summed E-state index contributed by atoms with van der Waals surface area (Å²) in [6.07, 6.45) is 1.90. The summed E-state index contributed by atoms with van der Waals surface area (Å²) in [5.41, 5.74) is -0.237. The van der Waals surface area contributed by atoms with Gasteiger partial charge in [-0.1, -0.05) is 19.1 Å². The summed E-state index contributed by atoms with van der Waals surface area (Å²) in [6.45, 7) is 11.8. The van der Waals surface area contributed by atoms with Crippen LogP contribution >= 0.6 is 0 Å². The van der Waals surface area contributed by atoms with Crippen molar-refractivity contribution >= 4 is 11.9 Å². The second kappa shape index (κ2) is 6.89. The zero-order valence-corrected chi connectivity index (χ0v) is 14.3. The minimum Gasteiger partial charge on any atom is -0.443 e. The predicted octanol–water partition coefficient (Wildman–Crippen LogP) is 2.26. The van der Waals surface area contributed by atoms with E-state index in [1.165, 1.54) is 0 Å².